The summed E-state index contributed by atoms with van der Waals surface area (Å²) in [6.07, 6.45) is -1.37. The molecule has 0 saturated carbocycles. The zero-order valence-electron chi connectivity index (χ0n) is 15.8. The topological polar surface area (TPSA) is 116 Å². The molecule has 0 aliphatic carbocycles. The zero-order valence-corrected chi connectivity index (χ0v) is 17.4. The SMILES string of the molecule is NS(=O)(=O)c1cc(C(=O)OC(C(=O)Nc2ccc(F)cc2)c2ccccc2)ccc1Cl. The number of carbonyl (C=O) groups excluding carboxylic acids is 2. The molecular weight excluding hydrogens is 447 g/mol. The summed E-state index contributed by atoms with van der Waals surface area (Å²) in [5, 5.41) is 7.50. The lowest BCUT2D eigenvalue weighted by Gasteiger charge is -2.18. The lowest BCUT2D eigenvalue weighted by molar-refractivity contribution is -0.125. The summed E-state index contributed by atoms with van der Waals surface area (Å²) in [7, 11) is -4.18. The average Bonchev–Trinajstić information content (AvgIpc) is 2.73. The molecule has 0 heterocycles. The van der Waals surface area contributed by atoms with Crippen molar-refractivity contribution in [2.24, 2.45) is 5.14 Å². The number of ether oxygens (including phenoxy) is 1. The average molecular weight is 463 g/mol. The van der Waals surface area contributed by atoms with Crippen LogP contribution in [0.3, 0.4) is 0 Å². The van der Waals surface area contributed by atoms with Crippen molar-refractivity contribution in [3.05, 3.63) is 94.8 Å². The van der Waals surface area contributed by atoms with Crippen LogP contribution in [0.1, 0.15) is 22.0 Å². The Kier molecular flexibility index (Phi) is 6.69. The second kappa shape index (κ2) is 9.25. The fraction of sp³-hybridized carbons (Fsp3) is 0.0476. The number of hydrogen-bond acceptors (Lipinski definition) is 5. The summed E-state index contributed by atoms with van der Waals surface area (Å²) in [6, 6.07) is 16.7. The lowest BCUT2D eigenvalue weighted by Crippen LogP contribution is -2.26. The van der Waals surface area contributed by atoms with E-state index in [1.54, 1.807) is 30.3 Å². The van der Waals surface area contributed by atoms with Gasteiger partial charge in [0.2, 0.25) is 16.1 Å². The highest BCUT2D eigenvalue weighted by molar-refractivity contribution is 7.89. The van der Waals surface area contributed by atoms with E-state index in [-0.39, 0.29) is 10.6 Å². The van der Waals surface area contributed by atoms with E-state index in [2.05, 4.69) is 5.32 Å². The number of primary sulfonamides is 1. The van der Waals surface area contributed by atoms with Gasteiger partial charge in [-0.25, -0.2) is 22.7 Å². The van der Waals surface area contributed by atoms with E-state index in [0.29, 0.717) is 11.3 Å². The van der Waals surface area contributed by atoms with Gasteiger partial charge in [0.05, 0.1) is 10.6 Å². The van der Waals surface area contributed by atoms with Crippen molar-refractivity contribution in [3.63, 3.8) is 0 Å². The fourth-order valence-corrected chi connectivity index (χ4v) is 3.74. The quantitative estimate of drug-likeness (QED) is 0.542. The van der Waals surface area contributed by atoms with Crippen LogP contribution in [0, 0.1) is 5.82 Å². The fourth-order valence-electron chi connectivity index (χ4n) is 2.67. The second-order valence-corrected chi connectivity index (χ2v) is 8.32. The third-order valence-electron chi connectivity index (χ3n) is 4.15. The van der Waals surface area contributed by atoms with E-state index >= 15 is 0 Å². The van der Waals surface area contributed by atoms with Crippen LogP contribution in [-0.4, -0.2) is 20.3 Å². The van der Waals surface area contributed by atoms with Gasteiger partial charge in [-0.15, -0.1) is 0 Å². The number of rotatable bonds is 6. The number of benzene rings is 3. The van der Waals surface area contributed by atoms with Gasteiger partial charge in [0.25, 0.3) is 5.91 Å². The molecule has 1 unspecified atom stereocenters. The van der Waals surface area contributed by atoms with E-state index in [9.17, 15) is 22.4 Å². The van der Waals surface area contributed by atoms with E-state index in [1.165, 1.54) is 36.4 Å². The standard InChI is InChI=1S/C21H16ClFN2O5S/c22-17-11-6-14(12-18(17)31(24,28)29)21(27)30-19(13-4-2-1-3-5-13)20(26)25-16-9-7-15(23)8-10-16/h1-12,19H,(H,25,26)(H2,24,28,29). The van der Waals surface area contributed by atoms with E-state index < -0.39 is 38.7 Å². The minimum atomic E-state index is -4.18. The molecule has 1 amide bonds. The van der Waals surface area contributed by atoms with Crippen LogP contribution in [0.15, 0.2) is 77.7 Å². The van der Waals surface area contributed by atoms with Crippen molar-refractivity contribution >= 4 is 39.2 Å². The first-order valence-electron chi connectivity index (χ1n) is 8.80. The van der Waals surface area contributed by atoms with Crippen LogP contribution in [0.4, 0.5) is 10.1 Å². The molecule has 3 N–H and O–H groups in total. The smallest absolute Gasteiger partial charge is 0.339 e. The molecule has 10 heteroatoms. The molecule has 1 atom stereocenters. The number of amides is 1. The number of hydrogen-bond donors (Lipinski definition) is 2. The maximum atomic E-state index is 13.1. The van der Waals surface area contributed by atoms with Crippen LogP contribution < -0.4 is 10.5 Å². The summed E-state index contributed by atoms with van der Waals surface area (Å²) in [4.78, 5) is 25.1. The number of nitrogens with one attached hydrogen (secondary N) is 1. The Bertz CT molecular complexity index is 1220. The van der Waals surface area contributed by atoms with Crippen LogP contribution in [0.2, 0.25) is 5.02 Å². The van der Waals surface area contributed by atoms with Crippen molar-refractivity contribution in [1.82, 2.24) is 0 Å². The number of sulfonamides is 1. The molecule has 0 aromatic heterocycles. The summed E-state index contributed by atoms with van der Waals surface area (Å²) >= 11 is 5.84. The summed E-state index contributed by atoms with van der Waals surface area (Å²) in [5.41, 5.74) is 0.506. The van der Waals surface area contributed by atoms with E-state index in [1.807, 2.05) is 0 Å². The Hall–Kier alpha value is -3.27. The van der Waals surface area contributed by atoms with Gasteiger partial charge in [0.15, 0.2) is 0 Å². The molecule has 3 rings (SSSR count). The molecule has 3 aromatic rings. The van der Waals surface area contributed by atoms with Crippen LogP contribution in [0.25, 0.3) is 0 Å². The molecule has 160 valence electrons. The van der Waals surface area contributed by atoms with Gasteiger partial charge >= 0.3 is 5.97 Å². The molecule has 0 aliphatic heterocycles. The third kappa shape index (κ3) is 5.66. The van der Waals surface area contributed by atoms with Gasteiger partial charge in [0.1, 0.15) is 10.7 Å². The van der Waals surface area contributed by atoms with Gasteiger partial charge in [-0.3, -0.25) is 4.79 Å². The predicted octanol–water partition coefficient (Wildman–Crippen LogP) is 3.66. The van der Waals surface area contributed by atoms with Crippen LogP contribution in [-0.2, 0) is 19.6 Å². The lowest BCUT2D eigenvalue weighted by atomic mass is 10.1. The highest BCUT2D eigenvalue weighted by Gasteiger charge is 2.27. The Balaban J connectivity index is 1.89. The minimum Gasteiger partial charge on any atom is -0.444 e. The van der Waals surface area contributed by atoms with Crippen LogP contribution >= 0.6 is 11.6 Å². The van der Waals surface area contributed by atoms with E-state index in [0.717, 1.165) is 6.07 Å². The first-order chi connectivity index (χ1) is 14.6. The molecule has 3 aromatic carbocycles. The normalized spacial score (nSPS) is 12.1. The highest BCUT2D eigenvalue weighted by atomic mass is 35.5. The third-order valence-corrected chi connectivity index (χ3v) is 5.54. The van der Waals surface area contributed by atoms with Gasteiger partial charge < -0.3 is 10.1 Å². The van der Waals surface area contributed by atoms with Crippen molar-refractivity contribution in [2.45, 2.75) is 11.0 Å². The maximum Gasteiger partial charge on any atom is 0.339 e. The van der Waals surface area contributed by atoms with Crippen molar-refractivity contribution in [3.8, 4) is 0 Å². The summed E-state index contributed by atoms with van der Waals surface area (Å²) in [6.45, 7) is 0. The maximum absolute atomic E-state index is 13.1. The largest absolute Gasteiger partial charge is 0.444 e. The van der Waals surface area contributed by atoms with E-state index in [4.69, 9.17) is 21.5 Å². The van der Waals surface area contributed by atoms with Gasteiger partial charge in [0, 0.05) is 11.3 Å². The summed E-state index contributed by atoms with van der Waals surface area (Å²) in [5.74, 6) is -2.13. The highest BCUT2D eigenvalue weighted by Crippen LogP contribution is 2.25. The predicted molar refractivity (Wildman–Crippen MR) is 112 cm³/mol. The molecule has 0 bridgehead atoms. The summed E-state index contributed by atoms with van der Waals surface area (Å²) < 4.78 is 41.8. The first kappa shape index (κ1) is 22.4. The number of esters is 1. The number of carbonyl (C=O) groups is 2. The number of anilines is 1. The Morgan fingerprint density at radius 2 is 1.65 bits per heavy atom. The monoisotopic (exact) mass is 462 g/mol. The first-order valence-corrected chi connectivity index (χ1v) is 10.7. The number of halogens is 2. The zero-order chi connectivity index (χ0) is 22.6. The molecular formula is C21H16ClFN2O5S. The van der Waals surface area contributed by atoms with Gasteiger partial charge in [-0.2, -0.15) is 0 Å². The molecule has 0 spiro atoms. The van der Waals surface area contributed by atoms with Crippen molar-refractivity contribution in [2.75, 3.05) is 5.32 Å². The molecule has 0 radical (unpaired) electrons. The van der Waals surface area contributed by atoms with Crippen molar-refractivity contribution in [1.29, 1.82) is 0 Å². The Morgan fingerprint density at radius 1 is 1.00 bits per heavy atom. The Labute approximate surface area is 182 Å². The molecule has 31 heavy (non-hydrogen) atoms. The Morgan fingerprint density at radius 3 is 2.26 bits per heavy atom. The van der Waals surface area contributed by atoms with Gasteiger partial charge in [-0.05, 0) is 42.5 Å². The van der Waals surface area contributed by atoms with Crippen molar-refractivity contribution < 1.29 is 27.1 Å². The molecule has 0 saturated heterocycles. The van der Waals surface area contributed by atoms with Crippen LogP contribution in [0.5, 0.6) is 0 Å². The molecule has 7 nitrogen and oxygen atoms in total. The minimum absolute atomic E-state index is 0.160. The molecule has 0 aliphatic rings. The second-order valence-electron chi connectivity index (χ2n) is 6.38. The number of nitrogens with two attached hydrogens (primary N) is 1. The van der Waals surface area contributed by atoms with Gasteiger partial charge in [-0.1, -0.05) is 41.9 Å². The molecule has 0 fully saturated rings.